The molecule has 0 aliphatic heterocycles. The van der Waals surface area contributed by atoms with Crippen LogP contribution in [0.1, 0.15) is 31.2 Å². The summed E-state index contributed by atoms with van der Waals surface area (Å²) in [6.45, 7) is 0.680. The average molecular weight is 275 g/mol. The van der Waals surface area contributed by atoms with Gasteiger partial charge in [0.2, 0.25) is 0 Å². The van der Waals surface area contributed by atoms with Crippen molar-refractivity contribution in [3.63, 3.8) is 0 Å². The van der Waals surface area contributed by atoms with Crippen molar-refractivity contribution in [3.05, 3.63) is 29.8 Å². The molecular formula is C16H25N3O. The second kappa shape index (κ2) is 7.17. The number of urea groups is 1. The SMILES string of the molecule is CN(C)c1ccc(CCNC(=O)NC2CCCC2)cc1. The van der Waals surface area contributed by atoms with Crippen LogP contribution in [0.15, 0.2) is 24.3 Å². The molecule has 2 N–H and O–H groups in total. The number of nitrogens with zero attached hydrogens (tertiary/aromatic N) is 1. The number of amides is 2. The zero-order chi connectivity index (χ0) is 14.4. The van der Waals surface area contributed by atoms with Gasteiger partial charge in [0, 0.05) is 32.4 Å². The summed E-state index contributed by atoms with van der Waals surface area (Å²) in [5.74, 6) is 0. The van der Waals surface area contributed by atoms with E-state index >= 15 is 0 Å². The van der Waals surface area contributed by atoms with Crippen LogP contribution in [-0.2, 0) is 6.42 Å². The summed E-state index contributed by atoms with van der Waals surface area (Å²) >= 11 is 0. The van der Waals surface area contributed by atoms with Gasteiger partial charge in [0.05, 0.1) is 0 Å². The Morgan fingerprint density at radius 1 is 1.20 bits per heavy atom. The number of anilines is 1. The fourth-order valence-corrected chi connectivity index (χ4v) is 2.59. The quantitative estimate of drug-likeness (QED) is 0.867. The maximum absolute atomic E-state index is 11.7. The first kappa shape index (κ1) is 14.7. The minimum Gasteiger partial charge on any atom is -0.378 e. The third-order valence-corrected chi connectivity index (χ3v) is 3.84. The van der Waals surface area contributed by atoms with Crippen LogP contribution in [0.2, 0.25) is 0 Å². The Hall–Kier alpha value is -1.71. The van der Waals surface area contributed by atoms with Crippen molar-refractivity contribution in [1.82, 2.24) is 10.6 Å². The van der Waals surface area contributed by atoms with E-state index in [0.717, 1.165) is 19.3 Å². The molecule has 4 nitrogen and oxygen atoms in total. The second-order valence-electron chi connectivity index (χ2n) is 5.69. The largest absolute Gasteiger partial charge is 0.378 e. The fourth-order valence-electron chi connectivity index (χ4n) is 2.59. The molecule has 4 heteroatoms. The van der Waals surface area contributed by atoms with Gasteiger partial charge in [0.15, 0.2) is 0 Å². The minimum atomic E-state index is -0.0261. The van der Waals surface area contributed by atoms with Gasteiger partial charge in [-0.2, -0.15) is 0 Å². The number of hydrogen-bond donors (Lipinski definition) is 2. The third kappa shape index (κ3) is 4.44. The summed E-state index contributed by atoms with van der Waals surface area (Å²) in [6, 6.07) is 8.80. The zero-order valence-electron chi connectivity index (χ0n) is 12.5. The molecule has 0 heterocycles. The number of nitrogens with one attached hydrogen (secondary N) is 2. The van der Waals surface area contributed by atoms with Crippen molar-refractivity contribution in [2.24, 2.45) is 0 Å². The van der Waals surface area contributed by atoms with Gasteiger partial charge in [0.25, 0.3) is 0 Å². The molecule has 1 saturated carbocycles. The van der Waals surface area contributed by atoms with Crippen LogP contribution in [-0.4, -0.2) is 32.7 Å². The van der Waals surface area contributed by atoms with Gasteiger partial charge in [-0.25, -0.2) is 4.79 Å². The topological polar surface area (TPSA) is 44.4 Å². The van der Waals surface area contributed by atoms with Gasteiger partial charge >= 0.3 is 6.03 Å². The van der Waals surface area contributed by atoms with Crippen LogP contribution in [0.3, 0.4) is 0 Å². The molecule has 1 fully saturated rings. The van der Waals surface area contributed by atoms with E-state index in [4.69, 9.17) is 0 Å². The molecule has 1 aromatic rings. The molecule has 0 radical (unpaired) electrons. The zero-order valence-corrected chi connectivity index (χ0v) is 12.5. The Labute approximate surface area is 121 Å². The highest BCUT2D eigenvalue weighted by molar-refractivity contribution is 5.74. The van der Waals surface area contributed by atoms with E-state index in [0.29, 0.717) is 12.6 Å². The van der Waals surface area contributed by atoms with E-state index in [1.807, 2.05) is 14.1 Å². The Bertz CT molecular complexity index is 422. The monoisotopic (exact) mass is 275 g/mol. The summed E-state index contributed by atoms with van der Waals surface area (Å²) in [7, 11) is 4.06. The highest BCUT2D eigenvalue weighted by Crippen LogP contribution is 2.17. The minimum absolute atomic E-state index is 0.0261. The highest BCUT2D eigenvalue weighted by Gasteiger charge is 2.16. The lowest BCUT2D eigenvalue weighted by Gasteiger charge is -2.14. The van der Waals surface area contributed by atoms with Crippen molar-refractivity contribution >= 4 is 11.7 Å². The van der Waals surface area contributed by atoms with E-state index in [9.17, 15) is 4.79 Å². The summed E-state index contributed by atoms with van der Waals surface area (Å²) in [5.41, 5.74) is 2.44. The Balaban J connectivity index is 1.68. The predicted octanol–water partition coefficient (Wildman–Crippen LogP) is 2.54. The number of carbonyl (C=O) groups is 1. The molecule has 2 rings (SSSR count). The van der Waals surface area contributed by atoms with Crippen LogP contribution >= 0.6 is 0 Å². The number of benzene rings is 1. The summed E-state index contributed by atoms with van der Waals surface area (Å²) in [6.07, 6.45) is 5.59. The Morgan fingerprint density at radius 2 is 1.85 bits per heavy atom. The summed E-state index contributed by atoms with van der Waals surface area (Å²) in [5, 5.41) is 5.97. The fraction of sp³-hybridized carbons (Fsp3) is 0.562. The first-order chi connectivity index (χ1) is 9.65. The first-order valence-electron chi connectivity index (χ1n) is 7.46. The standard InChI is InChI=1S/C16H25N3O/c1-19(2)15-9-7-13(8-10-15)11-12-17-16(20)18-14-5-3-4-6-14/h7-10,14H,3-6,11-12H2,1-2H3,(H2,17,18,20). The maximum atomic E-state index is 11.7. The molecule has 0 atom stereocenters. The summed E-state index contributed by atoms with van der Waals surface area (Å²) < 4.78 is 0. The highest BCUT2D eigenvalue weighted by atomic mass is 16.2. The second-order valence-corrected chi connectivity index (χ2v) is 5.69. The molecular weight excluding hydrogens is 250 g/mol. The van der Waals surface area contributed by atoms with Gasteiger partial charge in [-0.1, -0.05) is 25.0 Å². The van der Waals surface area contributed by atoms with Crippen LogP contribution in [0.4, 0.5) is 10.5 Å². The Kier molecular flexibility index (Phi) is 5.27. The van der Waals surface area contributed by atoms with E-state index in [-0.39, 0.29) is 6.03 Å². The smallest absolute Gasteiger partial charge is 0.315 e. The number of carbonyl (C=O) groups excluding carboxylic acids is 1. The number of rotatable bonds is 5. The average Bonchev–Trinajstić information content (AvgIpc) is 2.92. The van der Waals surface area contributed by atoms with Crippen molar-refractivity contribution in [1.29, 1.82) is 0 Å². The van der Waals surface area contributed by atoms with Crippen molar-refractivity contribution in [3.8, 4) is 0 Å². The van der Waals surface area contributed by atoms with Crippen LogP contribution in [0.5, 0.6) is 0 Å². The van der Waals surface area contributed by atoms with Gasteiger partial charge < -0.3 is 15.5 Å². The maximum Gasteiger partial charge on any atom is 0.315 e. The predicted molar refractivity (Wildman–Crippen MR) is 83.3 cm³/mol. The third-order valence-electron chi connectivity index (χ3n) is 3.84. The van der Waals surface area contributed by atoms with Gasteiger partial charge in [0.1, 0.15) is 0 Å². The van der Waals surface area contributed by atoms with Gasteiger partial charge in [-0.15, -0.1) is 0 Å². The van der Waals surface area contributed by atoms with Crippen LogP contribution in [0, 0.1) is 0 Å². The molecule has 1 aliphatic carbocycles. The van der Waals surface area contributed by atoms with Crippen molar-refractivity contribution in [2.45, 2.75) is 38.1 Å². The molecule has 20 heavy (non-hydrogen) atoms. The lowest BCUT2D eigenvalue weighted by molar-refractivity contribution is 0.237. The van der Waals surface area contributed by atoms with Crippen LogP contribution in [0.25, 0.3) is 0 Å². The molecule has 0 saturated heterocycles. The molecule has 1 aliphatic rings. The number of hydrogen-bond acceptors (Lipinski definition) is 2. The van der Waals surface area contributed by atoms with E-state index < -0.39 is 0 Å². The molecule has 0 bridgehead atoms. The normalized spacial score (nSPS) is 15.1. The van der Waals surface area contributed by atoms with Gasteiger partial charge in [-0.05, 0) is 37.0 Å². The van der Waals surface area contributed by atoms with E-state index in [2.05, 4.69) is 39.8 Å². The molecule has 0 aromatic heterocycles. The first-order valence-corrected chi connectivity index (χ1v) is 7.46. The van der Waals surface area contributed by atoms with Crippen LogP contribution < -0.4 is 15.5 Å². The van der Waals surface area contributed by atoms with Crippen molar-refractivity contribution in [2.75, 3.05) is 25.5 Å². The lowest BCUT2D eigenvalue weighted by Crippen LogP contribution is -2.41. The molecule has 1 aromatic carbocycles. The van der Waals surface area contributed by atoms with E-state index in [1.165, 1.54) is 24.1 Å². The molecule has 0 unspecified atom stereocenters. The molecule has 110 valence electrons. The van der Waals surface area contributed by atoms with E-state index in [1.54, 1.807) is 0 Å². The lowest BCUT2D eigenvalue weighted by atomic mass is 10.1. The van der Waals surface area contributed by atoms with Gasteiger partial charge in [-0.3, -0.25) is 0 Å². The summed E-state index contributed by atoms with van der Waals surface area (Å²) in [4.78, 5) is 13.8. The van der Waals surface area contributed by atoms with Crippen molar-refractivity contribution < 1.29 is 4.79 Å². The molecule has 0 spiro atoms. The molecule has 2 amide bonds. The Morgan fingerprint density at radius 3 is 2.45 bits per heavy atom.